The Morgan fingerprint density at radius 3 is 2.67 bits per heavy atom. The summed E-state index contributed by atoms with van der Waals surface area (Å²) >= 11 is 1.10. The fourth-order valence-electron chi connectivity index (χ4n) is 2.77. The first-order valence-electron chi connectivity index (χ1n) is 7.98. The summed E-state index contributed by atoms with van der Waals surface area (Å²) in [6.07, 6.45) is 0. The van der Waals surface area contributed by atoms with Crippen molar-refractivity contribution in [2.45, 2.75) is 0 Å². The summed E-state index contributed by atoms with van der Waals surface area (Å²) in [7, 11) is 1.27. The van der Waals surface area contributed by atoms with Gasteiger partial charge in [-0.25, -0.2) is 9.78 Å². The van der Waals surface area contributed by atoms with Gasteiger partial charge < -0.3 is 10.1 Å². The molecule has 0 bridgehead atoms. The third-order valence-electron chi connectivity index (χ3n) is 4.01. The van der Waals surface area contributed by atoms with E-state index in [1.165, 1.54) is 17.6 Å². The highest BCUT2D eigenvalue weighted by Crippen LogP contribution is 2.21. The number of carbonyl (C=O) groups is 2. The van der Waals surface area contributed by atoms with Crippen LogP contribution in [0, 0.1) is 0 Å². The van der Waals surface area contributed by atoms with Gasteiger partial charge in [0.05, 0.1) is 29.4 Å². The molecule has 8 heteroatoms. The van der Waals surface area contributed by atoms with Crippen molar-refractivity contribution in [3.8, 4) is 0 Å². The van der Waals surface area contributed by atoms with E-state index in [1.807, 2.05) is 12.1 Å². The number of fused-ring (bicyclic) bond motifs is 3. The molecule has 4 aromatic rings. The Morgan fingerprint density at radius 1 is 1.11 bits per heavy atom. The summed E-state index contributed by atoms with van der Waals surface area (Å²) in [6.45, 7) is 0. The van der Waals surface area contributed by atoms with E-state index in [2.05, 4.69) is 10.3 Å². The fourth-order valence-corrected chi connectivity index (χ4v) is 3.69. The molecule has 4 rings (SSSR count). The Morgan fingerprint density at radius 2 is 1.85 bits per heavy atom. The van der Waals surface area contributed by atoms with Crippen LogP contribution in [0.2, 0.25) is 0 Å². The van der Waals surface area contributed by atoms with Gasteiger partial charge in [0.15, 0.2) is 4.96 Å². The molecular weight excluding hydrogens is 366 g/mol. The number of hydrogen-bond donors (Lipinski definition) is 1. The maximum atomic E-state index is 12.7. The minimum absolute atomic E-state index is 0.197. The van der Waals surface area contributed by atoms with Gasteiger partial charge in [0.1, 0.15) is 4.88 Å². The van der Waals surface area contributed by atoms with Crippen LogP contribution in [0.25, 0.3) is 16.0 Å². The molecule has 0 atom stereocenters. The maximum absolute atomic E-state index is 12.7. The van der Waals surface area contributed by atoms with Gasteiger partial charge in [-0.3, -0.25) is 14.0 Å². The number of aromatic nitrogens is 2. The van der Waals surface area contributed by atoms with Crippen LogP contribution in [0.4, 0.5) is 5.69 Å². The van der Waals surface area contributed by atoms with Gasteiger partial charge in [0, 0.05) is 6.07 Å². The zero-order chi connectivity index (χ0) is 19.0. The number of methoxy groups -OCH3 is 1. The molecule has 2 heterocycles. The van der Waals surface area contributed by atoms with Gasteiger partial charge in [-0.1, -0.05) is 35.6 Å². The molecule has 0 aliphatic heterocycles. The average Bonchev–Trinajstić information content (AvgIpc) is 3.06. The number of amides is 1. The molecule has 0 spiro atoms. The van der Waals surface area contributed by atoms with Crippen molar-refractivity contribution < 1.29 is 14.3 Å². The molecule has 2 aromatic carbocycles. The highest BCUT2D eigenvalue weighted by atomic mass is 32.1. The lowest BCUT2D eigenvalue weighted by Crippen LogP contribution is -2.18. The predicted molar refractivity (Wildman–Crippen MR) is 103 cm³/mol. The number of esters is 1. The first-order valence-corrected chi connectivity index (χ1v) is 8.80. The Bertz CT molecular complexity index is 1260. The van der Waals surface area contributed by atoms with Crippen molar-refractivity contribution >= 4 is 44.9 Å². The Hall–Kier alpha value is -3.52. The Balaban J connectivity index is 1.75. The number of benzene rings is 2. The monoisotopic (exact) mass is 379 g/mol. The van der Waals surface area contributed by atoms with E-state index in [4.69, 9.17) is 4.74 Å². The first kappa shape index (κ1) is 16.9. The largest absolute Gasteiger partial charge is 0.465 e. The summed E-state index contributed by atoms with van der Waals surface area (Å²) in [5.74, 6) is -1.06. The molecule has 0 aliphatic rings. The summed E-state index contributed by atoms with van der Waals surface area (Å²) in [4.78, 5) is 42.1. The van der Waals surface area contributed by atoms with Gasteiger partial charge >= 0.3 is 5.97 Å². The van der Waals surface area contributed by atoms with Crippen LogP contribution < -0.4 is 10.9 Å². The minimum Gasteiger partial charge on any atom is -0.465 e. The molecule has 1 N–H and O–H groups in total. The van der Waals surface area contributed by atoms with E-state index in [0.29, 0.717) is 21.7 Å². The maximum Gasteiger partial charge on any atom is 0.339 e. The van der Waals surface area contributed by atoms with Crippen molar-refractivity contribution in [3.63, 3.8) is 0 Å². The topological polar surface area (TPSA) is 89.8 Å². The third-order valence-corrected chi connectivity index (χ3v) is 4.99. The van der Waals surface area contributed by atoms with Crippen LogP contribution in [0.3, 0.4) is 0 Å². The predicted octanol–water partition coefficient (Wildman–Crippen LogP) is 2.95. The molecule has 0 unspecified atom stereocenters. The molecule has 0 radical (unpaired) electrons. The number of carbonyl (C=O) groups excluding carboxylic acids is 2. The number of anilines is 1. The van der Waals surface area contributed by atoms with Crippen molar-refractivity contribution in [1.29, 1.82) is 0 Å². The standard InChI is InChI=1S/C19H13N3O4S/c1-26-18(25)11-6-2-3-7-12(11)20-17(24)15-10-16(23)22-14-9-5-4-8-13(14)21-19(22)27-15/h2-10H,1H3,(H,20,24). The van der Waals surface area contributed by atoms with E-state index in [1.54, 1.807) is 36.4 Å². The van der Waals surface area contributed by atoms with E-state index in [9.17, 15) is 14.4 Å². The van der Waals surface area contributed by atoms with Gasteiger partial charge in [0.25, 0.3) is 11.5 Å². The molecular formula is C19H13N3O4S. The summed E-state index contributed by atoms with van der Waals surface area (Å²) in [5.41, 5.74) is 1.57. The number of para-hydroxylation sites is 3. The highest BCUT2D eigenvalue weighted by Gasteiger charge is 2.17. The minimum atomic E-state index is -0.561. The van der Waals surface area contributed by atoms with Crippen molar-refractivity contribution in [2.24, 2.45) is 0 Å². The smallest absolute Gasteiger partial charge is 0.339 e. The van der Waals surface area contributed by atoms with Crippen LogP contribution in [0.1, 0.15) is 20.0 Å². The summed E-state index contributed by atoms with van der Waals surface area (Å²) < 4.78 is 6.20. The van der Waals surface area contributed by atoms with E-state index in [0.717, 1.165) is 11.3 Å². The van der Waals surface area contributed by atoms with Gasteiger partial charge in [-0.05, 0) is 24.3 Å². The molecule has 0 saturated heterocycles. The molecule has 7 nitrogen and oxygen atoms in total. The second-order valence-corrected chi connectivity index (χ2v) is 6.67. The lowest BCUT2D eigenvalue weighted by atomic mass is 10.2. The molecule has 1 amide bonds. The summed E-state index contributed by atoms with van der Waals surface area (Å²) in [6, 6.07) is 15.0. The van der Waals surface area contributed by atoms with Crippen LogP contribution in [0.5, 0.6) is 0 Å². The molecule has 2 aromatic heterocycles. The van der Waals surface area contributed by atoms with E-state index < -0.39 is 11.9 Å². The summed E-state index contributed by atoms with van der Waals surface area (Å²) in [5, 5.41) is 2.66. The number of nitrogens with zero attached hydrogens (tertiary/aromatic N) is 2. The van der Waals surface area contributed by atoms with E-state index >= 15 is 0 Å². The number of nitrogens with one attached hydrogen (secondary N) is 1. The fraction of sp³-hybridized carbons (Fsp3) is 0.0526. The lowest BCUT2D eigenvalue weighted by Gasteiger charge is -2.09. The quantitative estimate of drug-likeness (QED) is 0.553. The van der Waals surface area contributed by atoms with Crippen LogP contribution in [0.15, 0.2) is 59.4 Å². The van der Waals surface area contributed by atoms with Crippen molar-refractivity contribution in [3.05, 3.63) is 75.4 Å². The van der Waals surface area contributed by atoms with Crippen LogP contribution in [-0.2, 0) is 4.74 Å². The number of hydrogen-bond acceptors (Lipinski definition) is 6. The number of imidazole rings is 1. The molecule has 0 aliphatic carbocycles. The lowest BCUT2D eigenvalue weighted by molar-refractivity contribution is 0.0602. The third kappa shape index (κ3) is 2.96. The second-order valence-electron chi connectivity index (χ2n) is 5.66. The van der Waals surface area contributed by atoms with E-state index in [-0.39, 0.29) is 16.0 Å². The zero-order valence-corrected chi connectivity index (χ0v) is 14.9. The number of rotatable bonds is 3. The van der Waals surface area contributed by atoms with Gasteiger partial charge in [-0.2, -0.15) is 0 Å². The Labute approximate surface area is 156 Å². The Kier molecular flexibility index (Phi) is 4.17. The first-order chi connectivity index (χ1) is 13.1. The SMILES string of the molecule is COC(=O)c1ccccc1NC(=O)c1cc(=O)n2c(nc3ccccc32)s1. The second kappa shape index (κ2) is 6.65. The van der Waals surface area contributed by atoms with Gasteiger partial charge in [0.2, 0.25) is 0 Å². The highest BCUT2D eigenvalue weighted by molar-refractivity contribution is 7.18. The van der Waals surface area contributed by atoms with Crippen molar-refractivity contribution in [1.82, 2.24) is 9.38 Å². The average molecular weight is 379 g/mol. The van der Waals surface area contributed by atoms with Crippen molar-refractivity contribution in [2.75, 3.05) is 12.4 Å². The molecule has 27 heavy (non-hydrogen) atoms. The van der Waals surface area contributed by atoms with Gasteiger partial charge in [-0.15, -0.1) is 0 Å². The molecule has 0 saturated carbocycles. The zero-order valence-electron chi connectivity index (χ0n) is 14.1. The van der Waals surface area contributed by atoms with Crippen LogP contribution >= 0.6 is 11.3 Å². The molecule has 134 valence electrons. The van der Waals surface area contributed by atoms with Crippen LogP contribution in [-0.4, -0.2) is 28.4 Å². The number of ether oxygens (including phenoxy) is 1. The molecule has 0 fully saturated rings. The normalized spacial score (nSPS) is 10.9.